The van der Waals surface area contributed by atoms with E-state index in [1.54, 1.807) is 18.2 Å². The van der Waals surface area contributed by atoms with Crippen LogP contribution in [0.3, 0.4) is 0 Å². The SMILES string of the molecule is CC[C@@H](C(=O)NCc1ccccc1F)n1nc(C)c2sc3ccccc3c2c1=O. The van der Waals surface area contributed by atoms with Gasteiger partial charge in [0.25, 0.3) is 5.56 Å². The molecule has 0 saturated carbocycles. The molecule has 4 rings (SSSR count). The molecule has 1 atom stereocenters. The summed E-state index contributed by atoms with van der Waals surface area (Å²) in [5.74, 6) is -0.734. The Kier molecular flexibility index (Phi) is 5.15. The number of amides is 1. The molecule has 148 valence electrons. The van der Waals surface area contributed by atoms with Gasteiger partial charge in [-0.25, -0.2) is 9.07 Å². The highest BCUT2D eigenvalue weighted by molar-refractivity contribution is 7.26. The fourth-order valence-corrected chi connectivity index (χ4v) is 4.64. The molecule has 0 unspecified atom stereocenters. The molecule has 0 bridgehead atoms. The molecular weight excluding hydrogens is 389 g/mol. The van der Waals surface area contributed by atoms with E-state index in [9.17, 15) is 14.0 Å². The molecule has 0 saturated heterocycles. The first-order valence-electron chi connectivity index (χ1n) is 9.43. The van der Waals surface area contributed by atoms with Crippen LogP contribution in [0.2, 0.25) is 0 Å². The van der Waals surface area contributed by atoms with Crippen molar-refractivity contribution in [1.29, 1.82) is 0 Å². The van der Waals surface area contributed by atoms with Gasteiger partial charge >= 0.3 is 0 Å². The summed E-state index contributed by atoms with van der Waals surface area (Å²) >= 11 is 1.53. The van der Waals surface area contributed by atoms with Crippen LogP contribution in [0.15, 0.2) is 53.3 Å². The minimum absolute atomic E-state index is 0.0549. The van der Waals surface area contributed by atoms with Crippen molar-refractivity contribution in [1.82, 2.24) is 15.1 Å². The van der Waals surface area contributed by atoms with Crippen molar-refractivity contribution in [3.05, 3.63) is 76.0 Å². The molecule has 7 heteroatoms. The fraction of sp³-hybridized carbons (Fsp3) is 0.227. The van der Waals surface area contributed by atoms with Gasteiger partial charge < -0.3 is 5.32 Å². The van der Waals surface area contributed by atoms with Gasteiger partial charge in [-0.05, 0) is 25.5 Å². The zero-order valence-electron chi connectivity index (χ0n) is 16.1. The number of halogens is 1. The molecule has 0 spiro atoms. The van der Waals surface area contributed by atoms with Crippen LogP contribution in [-0.4, -0.2) is 15.7 Å². The Morgan fingerprint density at radius 3 is 2.69 bits per heavy atom. The minimum atomic E-state index is -0.768. The number of thiophene rings is 1. The Labute approximate surface area is 170 Å². The molecule has 2 aromatic carbocycles. The normalized spacial score (nSPS) is 12.4. The Hall–Kier alpha value is -3.06. The van der Waals surface area contributed by atoms with Crippen molar-refractivity contribution < 1.29 is 9.18 Å². The third-order valence-electron chi connectivity index (χ3n) is 5.00. The second-order valence-electron chi connectivity index (χ2n) is 6.87. The van der Waals surface area contributed by atoms with Gasteiger partial charge in [-0.3, -0.25) is 9.59 Å². The molecular formula is C22H20FN3O2S. The third kappa shape index (κ3) is 3.42. The largest absolute Gasteiger partial charge is 0.350 e. The van der Waals surface area contributed by atoms with Crippen LogP contribution in [0, 0.1) is 12.7 Å². The summed E-state index contributed by atoms with van der Waals surface area (Å²) in [5, 5.41) is 8.65. The molecule has 0 aliphatic heterocycles. The van der Waals surface area contributed by atoms with E-state index in [0.717, 1.165) is 14.8 Å². The van der Waals surface area contributed by atoms with Crippen LogP contribution in [0.5, 0.6) is 0 Å². The van der Waals surface area contributed by atoms with Gasteiger partial charge in [0.2, 0.25) is 5.91 Å². The Balaban J connectivity index is 1.72. The zero-order valence-corrected chi connectivity index (χ0v) is 16.9. The molecule has 2 aromatic heterocycles. The quantitative estimate of drug-likeness (QED) is 0.534. The van der Waals surface area contributed by atoms with Crippen molar-refractivity contribution in [2.24, 2.45) is 0 Å². The lowest BCUT2D eigenvalue weighted by atomic mass is 10.1. The van der Waals surface area contributed by atoms with E-state index in [2.05, 4.69) is 10.4 Å². The van der Waals surface area contributed by atoms with Crippen LogP contribution in [-0.2, 0) is 11.3 Å². The summed E-state index contributed by atoms with van der Waals surface area (Å²) in [5.41, 5.74) is 0.823. The highest BCUT2D eigenvalue weighted by atomic mass is 32.1. The maximum atomic E-state index is 13.8. The van der Waals surface area contributed by atoms with E-state index in [0.29, 0.717) is 23.1 Å². The van der Waals surface area contributed by atoms with Gasteiger partial charge in [0.05, 0.1) is 15.8 Å². The molecule has 2 heterocycles. The highest BCUT2D eigenvalue weighted by Gasteiger charge is 2.24. The second-order valence-corrected chi connectivity index (χ2v) is 7.92. The van der Waals surface area contributed by atoms with E-state index < -0.39 is 6.04 Å². The topological polar surface area (TPSA) is 64.0 Å². The average molecular weight is 409 g/mol. The van der Waals surface area contributed by atoms with Crippen LogP contribution in [0.4, 0.5) is 4.39 Å². The van der Waals surface area contributed by atoms with E-state index in [1.807, 2.05) is 38.1 Å². The van der Waals surface area contributed by atoms with Gasteiger partial charge in [-0.15, -0.1) is 11.3 Å². The summed E-state index contributed by atoms with van der Waals surface area (Å²) in [7, 11) is 0. The molecule has 0 fully saturated rings. The highest BCUT2D eigenvalue weighted by Crippen LogP contribution is 2.33. The monoisotopic (exact) mass is 409 g/mol. The van der Waals surface area contributed by atoms with E-state index >= 15 is 0 Å². The number of nitrogens with one attached hydrogen (secondary N) is 1. The summed E-state index contributed by atoms with van der Waals surface area (Å²) < 4.78 is 17.0. The van der Waals surface area contributed by atoms with Crippen molar-refractivity contribution in [3.63, 3.8) is 0 Å². The molecule has 1 amide bonds. The van der Waals surface area contributed by atoms with Crippen LogP contribution in [0.25, 0.3) is 20.2 Å². The standard InChI is InChI=1S/C22H20FN3O2S/c1-3-17(21(27)24-12-14-8-4-6-10-16(14)23)26-22(28)19-15-9-5-7-11-18(15)29-20(19)13(2)25-26/h4-11,17H,3,12H2,1-2H3,(H,24,27)/t17-/m0/s1. The Bertz CT molecular complexity index is 1280. The summed E-state index contributed by atoms with van der Waals surface area (Å²) in [4.78, 5) is 26.1. The van der Waals surface area contributed by atoms with Gasteiger partial charge in [0.15, 0.2) is 0 Å². The smallest absolute Gasteiger partial charge is 0.276 e. The molecule has 1 N–H and O–H groups in total. The van der Waals surface area contributed by atoms with E-state index in [4.69, 9.17) is 0 Å². The molecule has 29 heavy (non-hydrogen) atoms. The third-order valence-corrected chi connectivity index (χ3v) is 6.28. The maximum Gasteiger partial charge on any atom is 0.276 e. The number of carbonyl (C=O) groups excluding carboxylic acids is 1. The first-order valence-corrected chi connectivity index (χ1v) is 10.2. The van der Waals surface area contributed by atoms with Gasteiger partial charge in [0.1, 0.15) is 11.9 Å². The second kappa shape index (κ2) is 7.75. The molecule has 5 nitrogen and oxygen atoms in total. The van der Waals surface area contributed by atoms with Crippen molar-refractivity contribution in [3.8, 4) is 0 Å². The van der Waals surface area contributed by atoms with Crippen LogP contribution in [0.1, 0.15) is 30.6 Å². The van der Waals surface area contributed by atoms with E-state index in [1.165, 1.54) is 22.1 Å². The van der Waals surface area contributed by atoms with Gasteiger partial charge in [-0.2, -0.15) is 5.10 Å². The van der Waals surface area contributed by atoms with Crippen molar-refractivity contribution >= 4 is 37.4 Å². The first-order chi connectivity index (χ1) is 14.0. The lowest BCUT2D eigenvalue weighted by Crippen LogP contribution is -2.38. The molecule has 0 radical (unpaired) electrons. The number of hydrogen-bond donors (Lipinski definition) is 1. The summed E-state index contributed by atoms with van der Waals surface area (Å²) in [6.07, 6.45) is 0.392. The molecule has 0 aliphatic carbocycles. The predicted octanol–water partition coefficient (Wildman–Crippen LogP) is 4.33. The lowest BCUT2D eigenvalue weighted by molar-refractivity contribution is -0.125. The van der Waals surface area contributed by atoms with Gasteiger partial charge in [-0.1, -0.05) is 43.3 Å². The number of aromatic nitrogens is 2. The average Bonchev–Trinajstić information content (AvgIpc) is 3.12. The summed E-state index contributed by atoms with van der Waals surface area (Å²) in [6, 6.07) is 13.2. The Morgan fingerprint density at radius 2 is 1.93 bits per heavy atom. The van der Waals surface area contributed by atoms with Gasteiger partial charge in [0, 0.05) is 22.2 Å². The van der Waals surface area contributed by atoms with Crippen LogP contribution < -0.4 is 10.9 Å². The number of carbonyl (C=O) groups is 1. The predicted molar refractivity (Wildman–Crippen MR) is 114 cm³/mol. The maximum absolute atomic E-state index is 13.8. The number of rotatable bonds is 5. The molecule has 4 aromatic rings. The lowest BCUT2D eigenvalue weighted by Gasteiger charge is -2.18. The van der Waals surface area contributed by atoms with Crippen molar-refractivity contribution in [2.45, 2.75) is 32.9 Å². The zero-order chi connectivity index (χ0) is 20.5. The first kappa shape index (κ1) is 19.3. The number of benzene rings is 2. The Morgan fingerprint density at radius 1 is 1.21 bits per heavy atom. The summed E-state index contributed by atoms with van der Waals surface area (Å²) in [6.45, 7) is 3.73. The van der Waals surface area contributed by atoms with E-state index in [-0.39, 0.29) is 23.8 Å². The van der Waals surface area contributed by atoms with Crippen molar-refractivity contribution in [2.75, 3.05) is 0 Å². The van der Waals surface area contributed by atoms with Crippen LogP contribution >= 0.6 is 11.3 Å². The number of fused-ring (bicyclic) bond motifs is 3. The number of nitrogens with zero attached hydrogens (tertiary/aromatic N) is 2. The minimum Gasteiger partial charge on any atom is -0.350 e. The molecule has 0 aliphatic rings. The number of aryl methyl sites for hydroxylation is 1. The number of hydrogen-bond acceptors (Lipinski definition) is 4. The fourth-order valence-electron chi connectivity index (χ4n) is 3.50.